The molecular weight excluding hydrogens is 332 g/mol. The number of aromatic nitrogens is 2. The van der Waals surface area contributed by atoms with Crippen LogP contribution in [0.3, 0.4) is 0 Å². The van der Waals surface area contributed by atoms with Crippen LogP contribution >= 0.6 is 0 Å². The summed E-state index contributed by atoms with van der Waals surface area (Å²) in [5, 5.41) is 1.57. The number of pyridine rings is 2. The van der Waals surface area contributed by atoms with Crippen LogP contribution in [-0.4, -0.2) is 9.55 Å². The summed E-state index contributed by atoms with van der Waals surface area (Å²) < 4.78 is 1.79. The highest BCUT2D eigenvalue weighted by molar-refractivity contribution is 5.88. The predicted molar refractivity (Wildman–Crippen MR) is 109 cm³/mol. The van der Waals surface area contributed by atoms with Crippen molar-refractivity contribution in [1.29, 1.82) is 0 Å². The second-order valence-corrected chi connectivity index (χ2v) is 6.22. The maximum Gasteiger partial charge on any atom is 0.264 e. The zero-order valence-corrected chi connectivity index (χ0v) is 15.0. The van der Waals surface area contributed by atoms with Crippen molar-refractivity contribution in [3.05, 3.63) is 106 Å². The molecule has 2 aromatic heterocycles. The van der Waals surface area contributed by atoms with Crippen LogP contribution in [0.4, 0.5) is 0 Å². The summed E-state index contributed by atoms with van der Waals surface area (Å²) in [7, 11) is 0. The van der Waals surface area contributed by atoms with E-state index in [-0.39, 0.29) is 5.56 Å². The molecule has 2 aromatic carbocycles. The van der Waals surface area contributed by atoms with Gasteiger partial charge >= 0.3 is 0 Å². The minimum atomic E-state index is -0.0322. The summed E-state index contributed by atoms with van der Waals surface area (Å²) in [6, 6.07) is 21.4. The lowest BCUT2D eigenvalue weighted by Gasteiger charge is -2.14. The van der Waals surface area contributed by atoms with Gasteiger partial charge in [-0.2, -0.15) is 0 Å². The van der Waals surface area contributed by atoms with Crippen LogP contribution in [0.15, 0.2) is 83.9 Å². The van der Waals surface area contributed by atoms with Gasteiger partial charge in [-0.25, -0.2) is 0 Å². The van der Waals surface area contributed by atoms with Crippen molar-refractivity contribution >= 4 is 10.8 Å². The Kier molecular flexibility index (Phi) is 4.55. The van der Waals surface area contributed by atoms with Gasteiger partial charge in [-0.05, 0) is 48.2 Å². The third-order valence-electron chi connectivity index (χ3n) is 4.52. The molecule has 0 aliphatic carbocycles. The first-order chi connectivity index (χ1) is 13.3. The highest BCUT2D eigenvalue weighted by Gasteiger charge is 2.12. The lowest BCUT2D eigenvalue weighted by atomic mass is 10.0. The fourth-order valence-electron chi connectivity index (χ4n) is 3.21. The molecule has 0 atom stereocenters. The van der Waals surface area contributed by atoms with E-state index in [9.17, 15) is 4.79 Å². The standard InChI is InChI=1S/C24H18N2O/c1-2-21-17-20-8-6-7-19(12-11-18-13-15-25-16-14-18)23(20)24(27)26(21)22-9-4-3-5-10-22/h3-10,13-17H,2H2,1H3. The van der Waals surface area contributed by atoms with Gasteiger partial charge < -0.3 is 0 Å². The van der Waals surface area contributed by atoms with Crippen molar-refractivity contribution in [2.24, 2.45) is 0 Å². The summed E-state index contributed by atoms with van der Waals surface area (Å²) in [6.07, 6.45) is 4.19. The van der Waals surface area contributed by atoms with Crippen molar-refractivity contribution in [2.75, 3.05) is 0 Å². The maximum atomic E-state index is 13.4. The van der Waals surface area contributed by atoms with E-state index in [1.807, 2.05) is 60.7 Å². The monoisotopic (exact) mass is 350 g/mol. The normalized spacial score (nSPS) is 10.4. The van der Waals surface area contributed by atoms with Gasteiger partial charge in [0.05, 0.1) is 5.39 Å². The second kappa shape index (κ2) is 7.31. The Bertz CT molecular complexity index is 1210. The topological polar surface area (TPSA) is 34.9 Å². The molecule has 0 saturated heterocycles. The molecular formula is C24H18N2O. The van der Waals surface area contributed by atoms with Crippen LogP contribution in [0.2, 0.25) is 0 Å². The molecule has 0 aliphatic rings. The predicted octanol–water partition coefficient (Wildman–Crippen LogP) is 4.35. The van der Waals surface area contributed by atoms with E-state index in [1.54, 1.807) is 17.0 Å². The summed E-state index contributed by atoms with van der Waals surface area (Å²) in [5.41, 5.74) is 3.43. The first-order valence-corrected chi connectivity index (χ1v) is 8.93. The fourth-order valence-corrected chi connectivity index (χ4v) is 3.21. The Balaban J connectivity index is 1.98. The highest BCUT2D eigenvalue weighted by atomic mass is 16.1. The molecule has 2 heterocycles. The van der Waals surface area contributed by atoms with Gasteiger partial charge in [-0.1, -0.05) is 49.1 Å². The van der Waals surface area contributed by atoms with Crippen molar-refractivity contribution in [2.45, 2.75) is 13.3 Å². The van der Waals surface area contributed by atoms with E-state index >= 15 is 0 Å². The van der Waals surface area contributed by atoms with Crippen molar-refractivity contribution in [1.82, 2.24) is 9.55 Å². The lowest BCUT2D eigenvalue weighted by molar-refractivity contribution is 0.889. The minimum Gasteiger partial charge on any atom is -0.281 e. The number of benzene rings is 2. The number of hydrogen-bond donors (Lipinski definition) is 0. The highest BCUT2D eigenvalue weighted by Crippen LogP contribution is 2.19. The fraction of sp³-hybridized carbons (Fsp3) is 0.0833. The third kappa shape index (κ3) is 3.26. The van der Waals surface area contributed by atoms with Crippen LogP contribution in [-0.2, 0) is 6.42 Å². The molecule has 3 heteroatoms. The molecule has 27 heavy (non-hydrogen) atoms. The van der Waals surface area contributed by atoms with Gasteiger partial charge in [0.25, 0.3) is 5.56 Å². The quantitative estimate of drug-likeness (QED) is 0.504. The number of rotatable bonds is 2. The molecule has 4 aromatic rings. The molecule has 0 N–H and O–H groups in total. The molecule has 130 valence electrons. The first kappa shape index (κ1) is 16.8. The SMILES string of the molecule is CCc1cc2cccc(C#Cc3ccncc3)c2c(=O)n1-c1ccccc1. The zero-order valence-electron chi connectivity index (χ0n) is 15.0. The van der Waals surface area contributed by atoms with Crippen LogP contribution < -0.4 is 5.56 Å². The Morgan fingerprint density at radius 1 is 0.926 bits per heavy atom. The van der Waals surface area contributed by atoms with Gasteiger partial charge in [0.15, 0.2) is 0 Å². The van der Waals surface area contributed by atoms with Gasteiger partial charge in [-0.3, -0.25) is 14.3 Å². The third-order valence-corrected chi connectivity index (χ3v) is 4.52. The van der Waals surface area contributed by atoms with Crippen LogP contribution in [0.1, 0.15) is 23.7 Å². The van der Waals surface area contributed by atoms with E-state index in [0.29, 0.717) is 5.39 Å². The number of fused-ring (bicyclic) bond motifs is 1. The van der Waals surface area contributed by atoms with Crippen LogP contribution in [0.25, 0.3) is 16.5 Å². The van der Waals surface area contributed by atoms with E-state index in [1.165, 1.54) is 0 Å². The summed E-state index contributed by atoms with van der Waals surface area (Å²) >= 11 is 0. The van der Waals surface area contributed by atoms with Crippen molar-refractivity contribution in [3.8, 4) is 17.5 Å². The van der Waals surface area contributed by atoms with E-state index < -0.39 is 0 Å². The van der Waals surface area contributed by atoms with Gasteiger partial charge in [0, 0.05) is 34.9 Å². The van der Waals surface area contributed by atoms with Gasteiger partial charge in [0.1, 0.15) is 0 Å². The average molecular weight is 350 g/mol. The lowest BCUT2D eigenvalue weighted by Crippen LogP contribution is -2.22. The van der Waals surface area contributed by atoms with Crippen LogP contribution in [0, 0.1) is 11.8 Å². The molecule has 0 spiro atoms. The van der Waals surface area contributed by atoms with Crippen molar-refractivity contribution in [3.63, 3.8) is 0 Å². The first-order valence-electron chi connectivity index (χ1n) is 8.93. The molecule has 0 unspecified atom stereocenters. The molecule has 3 nitrogen and oxygen atoms in total. The molecule has 0 fully saturated rings. The number of para-hydroxylation sites is 1. The largest absolute Gasteiger partial charge is 0.281 e. The summed E-state index contributed by atoms with van der Waals surface area (Å²) in [4.78, 5) is 17.4. The van der Waals surface area contributed by atoms with Gasteiger partial charge in [-0.15, -0.1) is 0 Å². The average Bonchev–Trinajstić information content (AvgIpc) is 2.73. The molecule has 0 radical (unpaired) electrons. The smallest absolute Gasteiger partial charge is 0.264 e. The van der Waals surface area contributed by atoms with E-state index in [0.717, 1.165) is 34.3 Å². The maximum absolute atomic E-state index is 13.4. The molecule has 4 rings (SSSR count). The Morgan fingerprint density at radius 2 is 1.70 bits per heavy atom. The summed E-state index contributed by atoms with van der Waals surface area (Å²) in [6.45, 7) is 2.06. The Morgan fingerprint density at radius 3 is 2.44 bits per heavy atom. The van der Waals surface area contributed by atoms with Gasteiger partial charge in [0.2, 0.25) is 0 Å². The Hall–Kier alpha value is -3.64. The second-order valence-electron chi connectivity index (χ2n) is 6.22. The van der Waals surface area contributed by atoms with Crippen LogP contribution in [0.5, 0.6) is 0 Å². The molecule has 0 bridgehead atoms. The number of hydrogen-bond acceptors (Lipinski definition) is 2. The molecule has 0 saturated carbocycles. The van der Waals surface area contributed by atoms with E-state index in [4.69, 9.17) is 0 Å². The van der Waals surface area contributed by atoms with Crippen molar-refractivity contribution < 1.29 is 0 Å². The number of nitrogens with zero attached hydrogens (tertiary/aromatic N) is 2. The Labute approximate surface area is 157 Å². The van der Waals surface area contributed by atoms with E-state index in [2.05, 4.69) is 29.8 Å². The minimum absolute atomic E-state index is 0.0322. The summed E-state index contributed by atoms with van der Waals surface area (Å²) in [5.74, 6) is 6.30. The molecule has 0 aliphatic heterocycles. The number of aryl methyl sites for hydroxylation is 1. The zero-order chi connectivity index (χ0) is 18.6. The molecule has 0 amide bonds.